The number of hydrogen-bond donors (Lipinski definition) is 1. The fourth-order valence-corrected chi connectivity index (χ4v) is 2.14. The molecule has 1 aromatic carbocycles. The Morgan fingerprint density at radius 3 is 2.11 bits per heavy atom. The minimum atomic E-state index is -5.71. The van der Waals surface area contributed by atoms with E-state index in [9.17, 15) is 40.3 Å². The van der Waals surface area contributed by atoms with Gasteiger partial charge in [0.25, 0.3) is 5.91 Å². The van der Waals surface area contributed by atoms with Crippen molar-refractivity contribution in [3.63, 3.8) is 0 Å². The van der Waals surface area contributed by atoms with Crippen LogP contribution in [0.15, 0.2) is 6.07 Å². The molecule has 0 aliphatic rings. The third-order valence-corrected chi connectivity index (χ3v) is 3.38. The second-order valence-corrected chi connectivity index (χ2v) is 5.22. The van der Waals surface area contributed by atoms with E-state index < -0.39 is 58.3 Å². The van der Waals surface area contributed by atoms with Gasteiger partial charge >= 0.3 is 12.1 Å². The summed E-state index contributed by atoms with van der Waals surface area (Å²) in [5.74, 6) is -12.7. The summed E-state index contributed by atoms with van der Waals surface area (Å²) in [6.07, 6.45) is -5.71. The van der Waals surface area contributed by atoms with Crippen molar-refractivity contribution in [2.24, 2.45) is 7.05 Å². The predicted octanol–water partition coefficient (Wildman–Crippen LogP) is 3.42. The van der Waals surface area contributed by atoms with Crippen molar-refractivity contribution >= 4 is 17.6 Å². The minimum Gasteiger partial charge on any atom is -0.461 e. The van der Waals surface area contributed by atoms with Gasteiger partial charge < -0.3 is 10.1 Å². The second-order valence-electron chi connectivity index (χ2n) is 5.22. The van der Waals surface area contributed by atoms with E-state index in [1.165, 1.54) is 19.3 Å². The van der Waals surface area contributed by atoms with E-state index in [0.29, 0.717) is 0 Å². The molecule has 0 aliphatic carbocycles. The number of carbonyl (C=O) groups excluding carboxylic acids is 2. The maximum absolute atomic E-state index is 13.8. The number of benzene rings is 1. The third-order valence-electron chi connectivity index (χ3n) is 3.38. The number of nitrogens with zero attached hydrogens (tertiary/aromatic N) is 2. The lowest BCUT2D eigenvalue weighted by Crippen LogP contribution is -2.20. The number of ether oxygens (including phenoxy) is 1. The van der Waals surface area contributed by atoms with Crippen LogP contribution in [-0.2, 0) is 18.0 Å². The van der Waals surface area contributed by atoms with Gasteiger partial charge in [-0.25, -0.2) is 22.4 Å². The van der Waals surface area contributed by atoms with Crippen molar-refractivity contribution in [1.82, 2.24) is 9.78 Å². The Kier molecular flexibility index (Phi) is 5.66. The van der Waals surface area contributed by atoms with E-state index in [1.807, 2.05) is 0 Å². The van der Waals surface area contributed by atoms with Gasteiger partial charge in [0, 0.05) is 13.1 Å². The Morgan fingerprint density at radius 1 is 1.11 bits per heavy atom. The van der Waals surface area contributed by atoms with Crippen molar-refractivity contribution in [1.29, 1.82) is 0 Å². The van der Waals surface area contributed by atoms with Gasteiger partial charge in [-0.15, -0.1) is 0 Å². The van der Waals surface area contributed by atoms with Crippen LogP contribution in [-0.4, -0.2) is 28.3 Å². The van der Waals surface area contributed by atoms with E-state index in [0.717, 1.165) is 10.7 Å². The molecule has 2 rings (SSSR count). The van der Waals surface area contributed by atoms with Crippen LogP contribution >= 0.6 is 0 Å². The largest absolute Gasteiger partial charge is 0.461 e. The summed E-state index contributed by atoms with van der Waals surface area (Å²) >= 11 is 0. The summed E-state index contributed by atoms with van der Waals surface area (Å²) in [4.78, 5) is 23.7. The quantitative estimate of drug-likeness (QED) is 0.474. The van der Waals surface area contributed by atoms with E-state index in [2.05, 4.69) is 9.84 Å². The number of halogens is 7. The van der Waals surface area contributed by atoms with Crippen LogP contribution in [0.5, 0.6) is 0 Å². The van der Waals surface area contributed by atoms with Crippen molar-refractivity contribution in [2.45, 2.75) is 13.1 Å². The molecule has 28 heavy (non-hydrogen) atoms. The lowest BCUT2D eigenvalue weighted by atomic mass is 10.1. The van der Waals surface area contributed by atoms with Crippen LogP contribution in [0, 0.1) is 23.3 Å². The molecule has 1 aromatic heterocycles. The first-order valence-electron chi connectivity index (χ1n) is 7.35. The number of amides is 1. The lowest BCUT2D eigenvalue weighted by Gasteiger charge is -2.14. The normalized spacial score (nSPS) is 11.5. The molecule has 1 amide bonds. The highest BCUT2D eigenvalue weighted by molar-refractivity contribution is 6.04. The van der Waals surface area contributed by atoms with Crippen LogP contribution in [0.1, 0.15) is 33.5 Å². The number of aromatic nitrogens is 2. The summed E-state index contributed by atoms with van der Waals surface area (Å²) < 4.78 is 98.0. The summed E-state index contributed by atoms with van der Waals surface area (Å²) in [6, 6.07) is 0.847. The fraction of sp³-hybridized carbons (Fsp3) is 0.267. The van der Waals surface area contributed by atoms with Gasteiger partial charge in [0.1, 0.15) is 16.9 Å². The van der Waals surface area contributed by atoms with Gasteiger partial charge in [-0.2, -0.15) is 18.3 Å². The van der Waals surface area contributed by atoms with Crippen LogP contribution in [0.25, 0.3) is 0 Å². The second kappa shape index (κ2) is 7.48. The maximum atomic E-state index is 13.8. The molecular weight excluding hydrogens is 403 g/mol. The molecule has 152 valence electrons. The SMILES string of the molecule is CCOC(=O)c1cc(C(=O)Nc2c(F)c(F)c(C(F)(F)F)c(F)c2F)nn1C. The van der Waals surface area contributed by atoms with Crippen LogP contribution in [0.3, 0.4) is 0 Å². The monoisotopic (exact) mass is 413 g/mol. The zero-order valence-corrected chi connectivity index (χ0v) is 14.0. The molecule has 0 saturated carbocycles. The molecule has 0 aliphatic heterocycles. The molecule has 6 nitrogen and oxygen atoms in total. The van der Waals surface area contributed by atoms with Gasteiger partial charge in [-0.3, -0.25) is 9.48 Å². The highest BCUT2D eigenvalue weighted by Crippen LogP contribution is 2.38. The average molecular weight is 413 g/mol. The molecule has 13 heteroatoms. The number of rotatable bonds is 4. The lowest BCUT2D eigenvalue weighted by molar-refractivity contribution is -0.143. The minimum absolute atomic E-state index is 0.00786. The average Bonchev–Trinajstić information content (AvgIpc) is 2.98. The standard InChI is InChI=1S/C15H10F7N3O3/c1-3-28-14(27)6-4-5(24-25(6)2)13(26)23-12-10(18)8(16)7(15(20,21)22)9(17)11(12)19/h4H,3H2,1-2H3,(H,23,26). The first-order valence-corrected chi connectivity index (χ1v) is 7.35. The first kappa shape index (κ1) is 21.2. The van der Waals surface area contributed by atoms with Crippen molar-refractivity contribution in [3.05, 3.63) is 46.3 Å². The Morgan fingerprint density at radius 2 is 1.64 bits per heavy atom. The number of carbonyl (C=O) groups is 2. The zero-order chi connectivity index (χ0) is 21.4. The van der Waals surface area contributed by atoms with Gasteiger partial charge in [-0.1, -0.05) is 0 Å². The molecule has 0 saturated heterocycles. The van der Waals surface area contributed by atoms with E-state index in [-0.39, 0.29) is 12.3 Å². The molecule has 0 radical (unpaired) electrons. The van der Waals surface area contributed by atoms with Gasteiger partial charge in [-0.05, 0) is 6.92 Å². The first-order chi connectivity index (χ1) is 12.9. The number of aryl methyl sites for hydroxylation is 1. The van der Waals surface area contributed by atoms with E-state index in [4.69, 9.17) is 0 Å². The third kappa shape index (κ3) is 3.77. The highest BCUT2D eigenvalue weighted by Gasteiger charge is 2.42. The Balaban J connectivity index is 2.43. The smallest absolute Gasteiger partial charge is 0.422 e. The summed E-state index contributed by atoms with van der Waals surface area (Å²) in [5, 5.41) is 4.96. The molecule has 1 heterocycles. The highest BCUT2D eigenvalue weighted by atomic mass is 19.4. The number of hydrogen-bond acceptors (Lipinski definition) is 4. The molecular formula is C15H10F7N3O3. The number of esters is 1. The van der Waals surface area contributed by atoms with Crippen LogP contribution in [0.4, 0.5) is 36.4 Å². The molecule has 2 aromatic rings. The maximum Gasteiger partial charge on any atom is 0.422 e. The fourth-order valence-electron chi connectivity index (χ4n) is 2.14. The summed E-state index contributed by atoms with van der Waals surface area (Å²) in [7, 11) is 1.22. The number of nitrogens with one attached hydrogen (secondary N) is 1. The predicted molar refractivity (Wildman–Crippen MR) is 78.4 cm³/mol. The van der Waals surface area contributed by atoms with Crippen LogP contribution in [0.2, 0.25) is 0 Å². The Hall–Kier alpha value is -3.12. The van der Waals surface area contributed by atoms with E-state index in [1.54, 1.807) is 0 Å². The zero-order valence-electron chi connectivity index (χ0n) is 14.0. The molecule has 0 spiro atoms. The summed E-state index contributed by atoms with van der Waals surface area (Å²) in [6.45, 7) is 1.49. The molecule has 0 unspecified atom stereocenters. The van der Waals surface area contributed by atoms with Gasteiger partial charge in [0.05, 0.1) is 6.61 Å². The van der Waals surface area contributed by atoms with E-state index >= 15 is 0 Å². The van der Waals surface area contributed by atoms with Crippen molar-refractivity contribution < 1.29 is 45.1 Å². The molecule has 0 fully saturated rings. The topological polar surface area (TPSA) is 73.2 Å². The van der Waals surface area contributed by atoms with Crippen molar-refractivity contribution in [2.75, 3.05) is 11.9 Å². The molecule has 1 N–H and O–H groups in total. The van der Waals surface area contributed by atoms with Gasteiger partial charge in [0.2, 0.25) is 0 Å². The van der Waals surface area contributed by atoms with Crippen molar-refractivity contribution in [3.8, 4) is 0 Å². The summed E-state index contributed by atoms with van der Waals surface area (Å²) in [5.41, 5.74) is -5.41. The molecule has 0 bridgehead atoms. The number of anilines is 1. The number of alkyl halides is 3. The molecule has 0 atom stereocenters. The Labute approximate surface area is 151 Å². The van der Waals surface area contributed by atoms with Crippen LogP contribution < -0.4 is 5.32 Å². The van der Waals surface area contributed by atoms with Gasteiger partial charge in [0.15, 0.2) is 29.0 Å². The Bertz CT molecular complexity index is 924.